The minimum atomic E-state index is -0.447. The van der Waals surface area contributed by atoms with Gasteiger partial charge in [-0.3, -0.25) is 4.79 Å². The Morgan fingerprint density at radius 2 is 2.14 bits per heavy atom. The van der Waals surface area contributed by atoms with Crippen LogP contribution < -0.4 is 11.6 Å². The Balaban J connectivity index is 1.58. The molecule has 1 aromatic carbocycles. The molecular formula is C21H28ClN5OS. The molecule has 2 fully saturated rings. The summed E-state index contributed by atoms with van der Waals surface area (Å²) < 4.78 is 1.05. The summed E-state index contributed by atoms with van der Waals surface area (Å²) in [7, 11) is 0. The van der Waals surface area contributed by atoms with Gasteiger partial charge in [0.2, 0.25) is 5.91 Å². The van der Waals surface area contributed by atoms with Gasteiger partial charge < -0.3 is 15.6 Å². The van der Waals surface area contributed by atoms with E-state index >= 15 is 0 Å². The van der Waals surface area contributed by atoms with Gasteiger partial charge in [-0.15, -0.1) is 11.3 Å². The number of hydrazine groups is 1. The number of amides is 1. The molecule has 6 nitrogen and oxygen atoms in total. The summed E-state index contributed by atoms with van der Waals surface area (Å²) in [5.41, 5.74) is 7.84. The lowest BCUT2D eigenvalue weighted by Crippen LogP contribution is -2.52. The smallest absolute Gasteiger partial charge is 0.247 e. The predicted octanol–water partition coefficient (Wildman–Crippen LogP) is 4.02. The molecule has 1 saturated heterocycles. The number of carbonyl (C=O) groups excluding carboxylic acids is 1. The Morgan fingerprint density at radius 1 is 1.38 bits per heavy atom. The fraction of sp³-hybridized carbons (Fsp3) is 0.524. The van der Waals surface area contributed by atoms with Crippen molar-refractivity contribution in [2.75, 3.05) is 6.54 Å². The number of carbonyl (C=O) groups is 1. The molecule has 0 bridgehead atoms. The fourth-order valence-corrected chi connectivity index (χ4v) is 5.44. The average molecular weight is 434 g/mol. The number of likely N-dealkylation sites (tertiary alicyclic amines) is 1. The molecule has 2 atom stereocenters. The number of halogens is 1. The zero-order chi connectivity index (χ0) is 20.7. The lowest BCUT2D eigenvalue weighted by molar-refractivity contribution is -0.138. The maximum atomic E-state index is 13.5. The van der Waals surface area contributed by atoms with E-state index in [1.807, 2.05) is 36.9 Å². The maximum absolute atomic E-state index is 13.5. The van der Waals surface area contributed by atoms with Gasteiger partial charge in [-0.05, 0) is 49.8 Å². The summed E-state index contributed by atoms with van der Waals surface area (Å²) in [5, 5.41) is 3.19. The average Bonchev–Trinajstić information content (AvgIpc) is 3.24. The molecule has 0 spiro atoms. The summed E-state index contributed by atoms with van der Waals surface area (Å²) in [4.78, 5) is 20.3. The third-order valence-electron chi connectivity index (χ3n) is 5.74. The first kappa shape index (κ1) is 20.4. The van der Waals surface area contributed by atoms with Crippen molar-refractivity contribution in [2.24, 2.45) is 23.4 Å². The van der Waals surface area contributed by atoms with E-state index in [0.29, 0.717) is 10.9 Å². The van der Waals surface area contributed by atoms with E-state index in [1.165, 1.54) is 5.01 Å². The quantitative estimate of drug-likeness (QED) is 0.530. The van der Waals surface area contributed by atoms with E-state index in [1.54, 1.807) is 17.5 Å². The highest BCUT2D eigenvalue weighted by atomic mass is 35.5. The summed E-state index contributed by atoms with van der Waals surface area (Å²) in [6.45, 7) is 4.77. The second kappa shape index (κ2) is 8.13. The van der Waals surface area contributed by atoms with Crippen LogP contribution in [0.25, 0.3) is 10.2 Å². The molecule has 4 N–H and O–H groups in total. The van der Waals surface area contributed by atoms with Gasteiger partial charge in [0.1, 0.15) is 11.0 Å². The molecule has 1 aromatic heterocycles. The van der Waals surface area contributed by atoms with Crippen molar-refractivity contribution in [1.82, 2.24) is 14.9 Å². The van der Waals surface area contributed by atoms with Crippen molar-refractivity contribution in [3.63, 3.8) is 0 Å². The Bertz CT molecular complexity index is 938. The van der Waals surface area contributed by atoms with Gasteiger partial charge in [0.15, 0.2) is 0 Å². The van der Waals surface area contributed by atoms with Crippen molar-refractivity contribution < 1.29 is 4.79 Å². The molecule has 2 aliphatic rings. The normalized spacial score (nSPS) is 21.2. The monoisotopic (exact) mass is 433 g/mol. The largest absolute Gasteiger partial charge is 0.401 e. The van der Waals surface area contributed by atoms with Crippen molar-refractivity contribution in [3.05, 3.63) is 40.1 Å². The Kier molecular flexibility index (Phi) is 5.73. The molecule has 1 aliphatic carbocycles. The number of nitrogens with zero attached hydrogens (tertiary/aromatic N) is 3. The van der Waals surface area contributed by atoms with Crippen LogP contribution in [0.4, 0.5) is 0 Å². The molecule has 4 rings (SSSR count). The van der Waals surface area contributed by atoms with Crippen LogP contribution in [-0.4, -0.2) is 33.4 Å². The minimum absolute atomic E-state index is 0.0157. The number of hydrogen-bond donors (Lipinski definition) is 2. The van der Waals surface area contributed by atoms with Crippen LogP contribution in [0.3, 0.4) is 0 Å². The highest BCUT2D eigenvalue weighted by Gasteiger charge is 2.38. The standard InChI is InChI=1S/C21H28ClN5OS/c1-12(2)19(27(24)11-15(23)13-5-6-13)21(28)26-9-3-4-17(26)20-25-16-8-7-14(22)10-18(16)29-20/h7-8,10-13,17,19H,3-6,9,23-24H2,1-2H3/b15-11-. The fourth-order valence-electron chi connectivity index (χ4n) is 4.05. The Morgan fingerprint density at radius 3 is 2.83 bits per heavy atom. The van der Waals surface area contributed by atoms with E-state index in [9.17, 15) is 4.79 Å². The molecule has 2 heterocycles. The van der Waals surface area contributed by atoms with Gasteiger partial charge in [-0.25, -0.2) is 10.8 Å². The number of thiazole rings is 1. The van der Waals surface area contributed by atoms with Crippen molar-refractivity contribution in [1.29, 1.82) is 0 Å². The Labute approximate surface area is 180 Å². The van der Waals surface area contributed by atoms with Gasteiger partial charge in [-0.1, -0.05) is 25.4 Å². The maximum Gasteiger partial charge on any atom is 0.247 e. The summed E-state index contributed by atoms with van der Waals surface area (Å²) in [5.74, 6) is 6.84. The van der Waals surface area contributed by atoms with E-state index in [4.69, 9.17) is 28.2 Å². The molecular weight excluding hydrogens is 406 g/mol. The molecule has 8 heteroatoms. The topological polar surface area (TPSA) is 88.5 Å². The highest BCUT2D eigenvalue weighted by molar-refractivity contribution is 7.18. The van der Waals surface area contributed by atoms with E-state index in [2.05, 4.69) is 0 Å². The summed E-state index contributed by atoms with van der Waals surface area (Å²) in [6, 6.07) is 5.25. The first-order valence-corrected chi connectivity index (χ1v) is 11.4. The van der Waals surface area contributed by atoms with Crippen LogP contribution in [-0.2, 0) is 4.79 Å². The lowest BCUT2D eigenvalue weighted by Gasteiger charge is -2.34. The molecule has 1 amide bonds. The molecule has 2 aromatic rings. The van der Waals surface area contributed by atoms with E-state index in [0.717, 1.165) is 53.1 Å². The number of aromatic nitrogens is 1. The van der Waals surface area contributed by atoms with Crippen LogP contribution in [0.15, 0.2) is 30.1 Å². The third-order valence-corrected chi connectivity index (χ3v) is 7.10. The van der Waals surface area contributed by atoms with Gasteiger partial charge in [0.25, 0.3) is 0 Å². The number of allylic oxidation sites excluding steroid dienone is 1. The second-order valence-corrected chi connectivity index (χ2v) is 9.89. The van der Waals surface area contributed by atoms with Crippen molar-refractivity contribution in [2.45, 2.75) is 51.6 Å². The number of fused-ring (bicyclic) bond motifs is 1. The van der Waals surface area contributed by atoms with Crippen molar-refractivity contribution in [3.8, 4) is 0 Å². The minimum Gasteiger partial charge on any atom is -0.401 e. The zero-order valence-corrected chi connectivity index (χ0v) is 18.4. The molecule has 0 radical (unpaired) electrons. The Hall–Kier alpha value is -1.83. The molecule has 2 unspecified atom stereocenters. The van der Waals surface area contributed by atoms with Crippen LogP contribution in [0, 0.1) is 11.8 Å². The molecule has 156 valence electrons. The van der Waals surface area contributed by atoms with Crippen LogP contribution >= 0.6 is 22.9 Å². The van der Waals surface area contributed by atoms with Gasteiger partial charge in [0.05, 0.1) is 16.3 Å². The van der Waals surface area contributed by atoms with Crippen LogP contribution in [0.2, 0.25) is 5.02 Å². The third kappa shape index (κ3) is 4.22. The SMILES string of the molecule is CC(C)C(C(=O)N1CCCC1c1nc2ccc(Cl)cc2s1)N(N)/C=C(\N)C1CC1. The second-order valence-electron chi connectivity index (χ2n) is 8.39. The van der Waals surface area contributed by atoms with Crippen LogP contribution in [0.5, 0.6) is 0 Å². The highest BCUT2D eigenvalue weighted by Crippen LogP contribution is 2.38. The van der Waals surface area contributed by atoms with Gasteiger partial charge in [0, 0.05) is 29.4 Å². The van der Waals surface area contributed by atoms with Gasteiger partial charge >= 0.3 is 0 Å². The number of nitrogens with two attached hydrogens (primary N) is 2. The van der Waals surface area contributed by atoms with Gasteiger partial charge in [-0.2, -0.15) is 0 Å². The predicted molar refractivity (Wildman–Crippen MR) is 118 cm³/mol. The van der Waals surface area contributed by atoms with E-state index in [-0.39, 0.29) is 17.9 Å². The lowest BCUT2D eigenvalue weighted by atomic mass is 10.0. The molecule has 1 aliphatic heterocycles. The number of benzene rings is 1. The molecule has 29 heavy (non-hydrogen) atoms. The molecule has 1 saturated carbocycles. The van der Waals surface area contributed by atoms with Crippen molar-refractivity contribution >= 4 is 39.1 Å². The number of hydrogen-bond acceptors (Lipinski definition) is 6. The zero-order valence-electron chi connectivity index (χ0n) is 16.8. The first-order valence-electron chi connectivity index (χ1n) is 10.2. The first-order chi connectivity index (χ1) is 13.8. The number of rotatable bonds is 6. The summed E-state index contributed by atoms with van der Waals surface area (Å²) >= 11 is 7.74. The summed E-state index contributed by atoms with van der Waals surface area (Å²) in [6.07, 6.45) is 5.83. The van der Waals surface area contributed by atoms with E-state index < -0.39 is 6.04 Å². The van der Waals surface area contributed by atoms with Crippen LogP contribution in [0.1, 0.15) is 50.6 Å².